The average Bonchev–Trinajstić information content (AvgIpc) is 2.39. The van der Waals surface area contributed by atoms with Gasteiger partial charge in [0.2, 0.25) is 5.91 Å². The molecular formula is C15H19NO4. The van der Waals surface area contributed by atoms with Crippen LogP contribution in [0, 0.1) is 0 Å². The van der Waals surface area contributed by atoms with Gasteiger partial charge in [0.15, 0.2) is 0 Å². The number of carboxylic acids is 1. The zero-order valence-electron chi connectivity index (χ0n) is 11.7. The summed E-state index contributed by atoms with van der Waals surface area (Å²) in [6.07, 6.45) is 0.286. The van der Waals surface area contributed by atoms with Crippen LogP contribution in [0.25, 0.3) is 0 Å². The maximum Gasteiger partial charge on any atom is 0.335 e. The minimum atomic E-state index is -0.960. The van der Waals surface area contributed by atoms with Gasteiger partial charge in [-0.15, -0.1) is 0 Å². The third kappa shape index (κ3) is 3.17. The molecule has 2 unspecified atom stereocenters. The van der Waals surface area contributed by atoms with Gasteiger partial charge in [0.1, 0.15) is 0 Å². The predicted molar refractivity (Wildman–Crippen MR) is 73.7 cm³/mol. The van der Waals surface area contributed by atoms with E-state index in [1.165, 1.54) is 12.1 Å². The maximum absolute atomic E-state index is 12.4. The Kier molecular flexibility index (Phi) is 4.39. The fraction of sp³-hybridized carbons (Fsp3) is 0.467. The Morgan fingerprint density at radius 2 is 1.75 bits per heavy atom. The number of rotatable bonds is 3. The van der Waals surface area contributed by atoms with Gasteiger partial charge in [-0.3, -0.25) is 4.79 Å². The molecule has 1 aliphatic heterocycles. The van der Waals surface area contributed by atoms with Gasteiger partial charge in [-0.05, 0) is 31.5 Å². The molecule has 1 amide bonds. The lowest BCUT2D eigenvalue weighted by Crippen LogP contribution is -2.53. The fourth-order valence-corrected chi connectivity index (χ4v) is 2.53. The molecule has 5 heteroatoms. The molecule has 2 atom stereocenters. The van der Waals surface area contributed by atoms with Crippen molar-refractivity contribution >= 4 is 11.9 Å². The first-order valence-electron chi connectivity index (χ1n) is 6.70. The van der Waals surface area contributed by atoms with Crippen molar-refractivity contribution < 1.29 is 19.4 Å². The normalized spacial score (nSPS) is 22.6. The number of nitrogens with zero attached hydrogens (tertiary/aromatic N) is 1. The van der Waals surface area contributed by atoms with Gasteiger partial charge in [0.25, 0.3) is 0 Å². The monoisotopic (exact) mass is 277 g/mol. The zero-order chi connectivity index (χ0) is 14.7. The standard InChI is InChI=1S/C15H19NO4/c1-10-8-20-9-11(2)16(10)14(17)7-12-3-5-13(6-4-12)15(18)19/h3-6,10-11H,7-9H2,1-2H3,(H,18,19). The van der Waals surface area contributed by atoms with Gasteiger partial charge in [-0.25, -0.2) is 4.79 Å². The van der Waals surface area contributed by atoms with E-state index in [-0.39, 0.29) is 30.0 Å². The molecule has 0 aromatic heterocycles. The van der Waals surface area contributed by atoms with E-state index in [1.54, 1.807) is 12.1 Å². The van der Waals surface area contributed by atoms with E-state index < -0.39 is 5.97 Å². The van der Waals surface area contributed by atoms with Gasteiger partial charge < -0.3 is 14.7 Å². The van der Waals surface area contributed by atoms with Crippen molar-refractivity contribution in [2.45, 2.75) is 32.4 Å². The quantitative estimate of drug-likeness (QED) is 0.910. The van der Waals surface area contributed by atoms with E-state index in [4.69, 9.17) is 9.84 Å². The first-order chi connectivity index (χ1) is 9.49. The highest BCUT2D eigenvalue weighted by molar-refractivity contribution is 5.87. The molecule has 1 fully saturated rings. The van der Waals surface area contributed by atoms with Crippen LogP contribution in [0.3, 0.4) is 0 Å². The Bertz CT molecular complexity index is 487. The zero-order valence-corrected chi connectivity index (χ0v) is 11.7. The van der Waals surface area contributed by atoms with Crippen LogP contribution >= 0.6 is 0 Å². The van der Waals surface area contributed by atoms with E-state index in [1.807, 2.05) is 18.7 Å². The van der Waals surface area contributed by atoms with Crippen molar-refractivity contribution in [3.05, 3.63) is 35.4 Å². The third-order valence-corrected chi connectivity index (χ3v) is 3.51. The molecule has 5 nitrogen and oxygen atoms in total. The molecule has 108 valence electrons. The summed E-state index contributed by atoms with van der Waals surface area (Å²) >= 11 is 0. The number of aromatic carboxylic acids is 1. The highest BCUT2D eigenvalue weighted by Crippen LogP contribution is 2.15. The maximum atomic E-state index is 12.4. The summed E-state index contributed by atoms with van der Waals surface area (Å²) in [7, 11) is 0. The molecule has 2 rings (SSSR count). The lowest BCUT2D eigenvalue weighted by atomic mass is 10.1. The van der Waals surface area contributed by atoms with Crippen LogP contribution in [0.2, 0.25) is 0 Å². The van der Waals surface area contributed by atoms with Gasteiger partial charge >= 0.3 is 5.97 Å². The number of carboxylic acid groups (broad SMARTS) is 1. The number of hydrogen-bond donors (Lipinski definition) is 1. The molecule has 1 N–H and O–H groups in total. The minimum absolute atomic E-state index is 0.0522. The van der Waals surface area contributed by atoms with E-state index in [9.17, 15) is 9.59 Å². The van der Waals surface area contributed by atoms with E-state index >= 15 is 0 Å². The van der Waals surface area contributed by atoms with E-state index in [0.717, 1.165) is 5.56 Å². The van der Waals surface area contributed by atoms with Gasteiger partial charge in [0, 0.05) is 0 Å². The Morgan fingerprint density at radius 3 is 2.25 bits per heavy atom. The second-order valence-corrected chi connectivity index (χ2v) is 5.22. The summed E-state index contributed by atoms with van der Waals surface area (Å²) in [5.74, 6) is -0.908. The summed E-state index contributed by atoms with van der Waals surface area (Å²) in [4.78, 5) is 25.0. The first kappa shape index (κ1) is 14.5. The average molecular weight is 277 g/mol. The first-order valence-corrected chi connectivity index (χ1v) is 6.70. The molecule has 1 aromatic carbocycles. The Labute approximate surface area is 118 Å². The number of amides is 1. The topological polar surface area (TPSA) is 66.8 Å². The van der Waals surface area contributed by atoms with E-state index in [2.05, 4.69) is 0 Å². The van der Waals surface area contributed by atoms with Crippen LogP contribution in [0.5, 0.6) is 0 Å². The predicted octanol–water partition coefficient (Wildman–Crippen LogP) is 1.56. The smallest absolute Gasteiger partial charge is 0.335 e. The summed E-state index contributed by atoms with van der Waals surface area (Å²) in [5.41, 5.74) is 1.06. The SMILES string of the molecule is CC1COCC(C)N1C(=O)Cc1ccc(C(=O)O)cc1. The lowest BCUT2D eigenvalue weighted by Gasteiger charge is -2.38. The number of morpholine rings is 1. The molecule has 1 aromatic rings. The number of hydrogen-bond acceptors (Lipinski definition) is 3. The number of carbonyl (C=O) groups is 2. The van der Waals surface area contributed by atoms with Crippen molar-refractivity contribution in [2.24, 2.45) is 0 Å². The summed E-state index contributed by atoms with van der Waals surface area (Å²) in [6, 6.07) is 6.58. The van der Waals surface area contributed by atoms with Crippen LogP contribution in [-0.2, 0) is 16.0 Å². The molecule has 0 saturated carbocycles. The molecule has 0 aliphatic carbocycles. The second-order valence-electron chi connectivity index (χ2n) is 5.22. The van der Waals surface area contributed by atoms with Crippen molar-refractivity contribution in [2.75, 3.05) is 13.2 Å². The molecule has 0 spiro atoms. The van der Waals surface area contributed by atoms with Crippen molar-refractivity contribution in [1.82, 2.24) is 4.90 Å². The van der Waals surface area contributed by atoms with Gasteiger partial charge in [0.05, 0.1) is 37.3 Å². The summed E-state index contributed by atoms with van der Waals surface area (Å²) in [5, 5.41) is 8.84. The molecule has 20 heavy (non-hydrogen) atoms. The highest BCUT2D eigenvalue weighted by atomic mass is 16.5. The largest absolute Gasteiger partial charge is 0.478 e. The van der Waals surface area contributed by atoms with Gasteiger partial charge in [-0.1, -0.05) is 12.1 Å². The van der Waals surface area contributed by atoms with Crippen molar-refractivity contribution in [3.8, 4) is 0 Å². The number of carbonyl (C=O) groups excluding carboxylic acids is 1. The summed E-state index contributed by atoms with van der Waals surface area (Å²) < 4.78 is 5.41. The molecule has 0 bridgehead atoms. The fourth-order valence-electron chi connectivity index (χ4n) is 2.53. The van der Waals surface area contributed by atoms with Crippen LogP contribution in [-0.4, -0.2) is 47.2 Å². The number of ether oxygens (including phenoxy) is 1. The molecule has 1 heterocycles. The molecule has 1 aliphatic rings. The van der Waals surface area contributed by atoms with E-state index in [0.29, 0.717) is 13.2 Å². The Hall–Kier alpha value is -1.88. The van der Waals surface area contributed by atoms with Crippen LogP contribution < -0.4 is 0 Å². The highest BCUT2D eigenvalue weighted by Gasteiger charge is 2.29. The summed E-state index contributed by atoms with van der Waals surface area (Å²) in [6.45, 7) is 5.07. The molecule has 0 radical (unpaired) electrons. The van der Waals surface area contributed by atoms with Crippen molar-refractivity contribution in [3.63, 3.8) is 0 Å². The Morgan fingerprint density at radius 1 is 1.20 bits per heavy atom. The Balaban J connectivity index is 2.05. The number of benzene rings is 1. The molecule has 1 saturated heterocycles. The van der Waals surface area contributed by atoms with Crippen LogP contribution in [0.1, 0.15) is 29.8 Å². The van der Waals surface area contributed by atoms with Crippen LogP contribution in [0.15, 0.2) is 24.3 Å². The van der Waals surface area contributed by atoms with Crippen LogP contribution in [0.4, 0.5) is 0 Å². The minimum Gasteiger partial charge on any atom is -0.478 e. The third-order valence-electron chi connectivity index (χ3n) is 3.51. The van der Waals surface area contributed by atoms with Crippen molar-refractivity contribution in [1.29, 1.82) is 0 Å². The molecular weight excluding hydrogens is 258 g/mol. The second kappa shape index (κ2) is 6.05. The van der Waals surface area contributed by atoms with Gasteiger partial charge in [-0.2, -0.15) is 0 Å². The lowest BCUT2D eigenvalue weighted by molar-refractivity contribution is -0.143.